The number of hydrogen-bond acceptors (Lipinski definition) is 5. The summed E-state index contributed by atoms with van der Waals surface area (Å²) in [6, 6.07) is 10.4. The van der Waals surface area contributed by atoms with E-state index < -0.39 is 12.4 Å². The highest BCUT2D eigenvalue weighted by Crippen LogP contribution is 2.30. The van der Waals surface area contributed by atoms with Gasteiger partial charge in [-0.05, 0) is 51.5 Å². The molecule has 2 aliphatic rings. The molecule has 2 N–H and O–H groups in total. The van der Waals surface area contributed by atoms with Crippen molar-refractivity contribution in [2.45, 2.75) is 83.7 Å². The third-order valence-electron chi connectivity index (χ3n) is 5.37. The van der Waals surface area contributed by atoms with Crippen molar-refractivity contribution in [1.82, 2.24) is 5.32 Å². The minimum atomic E-state index is -0.930. The first-order valence-electron chi connectivity index (χ1n) is 10.2. The lowest BCUT2D eigenvalue weighted by Gasteiger charge is -2.26. The summed E-state index contributed by atoms with van der Waals surface area (Å²) >= 11 is 0. The van der Waals surface area contributed by atoms with Gasteiger partial charge >= 0.3 is 0 Å². The molecule has 3 rings (SSSR count). The van der Waals surface area contributed by atoms with Crippen LogP contribution in [0.5, 0.6) is 0 Å². The van der Waals surface area contributed by atoms with Crippen LogP contribution < -0.4 is 5.32 Å². The van der Waals surface area contributed by atoms with Gasteiger partial charge in [-0.3, -0.25) is 0 Å². The minimum absolute atomic E-state index is 0.0433. The monoisotopic (exact) mass is 375 g/mol. The van der Waals surface area contributed by atoms with E-state index in [4.69, 9.17) is 14.2 Å². The van der Waals surface area contributed by atoms with Gasteiger partial charge in [-0.15, -0.1) is 0 Å². The molecule has 0 saturated carbocycles. The smallest absolute Gasteiger partial charge is 0.184 e. The Morgan fingerprint density at radius 3 is 2.67 bits per heavy atom. The van der Waals surface area contributed by atoms with Crippen LogP contribution in [-0.2, 0) is 20.6 Å². The molecule has 2 saturated heterocycles. The summed E-state index contributed by atoms with van der Waals surface area (Å²) in [7, 11) is 0. The first-order chi connectivity index (χ1) is 13.1. The highest BCUT2D eigenvalue weighted by Gasteiger charge is 2.46. The molecule has 0 aromatic heterocycles. The maximum Gasteiger partial charge on any atom is 0.184 e. The Balaban J connectivity index is 1.52. The fraction of sp³-hybridized carbons (Fsp3) is 0.636. The van der Waals surface area contributed by atoms with Gasteiger partial charge in [-0.25, -0.2) is 0 Å². The molecule has 5 atom stereocenters. The van der Waals surface area contributed by atoms with Crippen LogP contribution in [-0.4, -0.2) is 42.5 Å². The lowest BCUT2D eigenvalue weighted by molar-refractivity contribution is -0.147. The molecule has 2 aliphatic heterocycles. The van der Waals surface area contributed by atoms with E-state index in [-0.39, 0.29) is 18.4 Å². The SMILES string of the molecule is CC[C@H]1OC(O)[C@@H](OCCCc2ccccc2)[C@H]1OC1CCC(=C(C)C)N1. The van der Waals surface area contributed by atoms with Crippen molar-refractivity contribution in [2.75, 3.05) is 6.61 Å². The van der Waals surface area contributed by atoms with Gasteiger partial charge in [0.15, 0.2) is 6.29 Å². The molecule has 2 fully saturated rings. The maximum absolute atomic E-state index is 10.3. The molecule has 5 nitrogen and oxygen atoms in total. The van der Waals surface area contributed by atoms with E-state index >= 15 is 0 Å². The molecule has 0 bridgehead atoms. The summed E-state index contributed by atoms with van der Waals surface area (Å²) in [5.74, 6) is 0. The summed E-state index contributed by atoms with van der Waals surface area (Å²) < 4.78 is 18.0. The van der Waals surface area contributed by atoms with Crippen molar-refractivity contribution >= 4 is 0 Å². The highest BCUT2D eigenvalue weighted by molar-refractivity contribution is 5.14. The second-order valence-electron chi connectivity index (χ2n) is 7.65. The van der Waals surface area contributed by atoms with E-state index in [2.05, 4.69) is 50.4 Å². The van der Waals surface area contributed by atoms with Gasteiger partial charge in [0.25, 0.3) is 0 Å². The van der Waals surface area contributed by atoms with E-state index in [0.717, 1.165) is 32.1 Å². The number of rotatable bonds is 8. The number of aryl methyl sites for hydroxylation is 1. The van der Waals surface area contributed by atoms with Crippen LogP contribution >= 0.6 is 0 Å². The van der Waals surface area contributed by atoms with Gasteiger partial charge in [-0.1, -0.05) is 42.8 Å². The molecule has 0 radical (unpaired) electrons. The fourth-order valence-corrected chi connectivity index (χ4v) is 3.82. The second-order valence-corrected chi connectivity index (χ2v) is 7.65. The van der Waals surface area contributed by atoms with Crippen LogP contribution in [0.4, 0.5) is 0 Å². The van der Waals surface area contributed by atoms with Gasteiger partial charge in [-0.2, -0.15) is 0 Å². The van der Waals surface area contributed by atoms with Crippen molar-refractivity contribution in [2.24, 2.45) is 0 Å². The topological polar surface area (TPSA) is 60.0 Å². The summed E-state index contributed by atoms with van der Waals surface area (Å²) in [5, 5.41) is 13.8. The molecule has 0 aliphatic carbocycles. The van der Waals surface area contributed by atoms with Crippen LogP contribution in [0.25, 0.3) is 0 Å². The first-order valence-corrected chi connectivity index (χ1v) is 10.2. The standard InChI is InChI=1S/C22H33NO4/c1-4-18-20(27-19-13-12-17(23-19)15(2)3)21(22(24)26-18)25-14-8-11-16-9-6-5-7-10-16/h5-7,9-10,18-24H,4,8,11-14H2,1-3H3/t18-,19?,20+,21+,22?/m1/s1. The third kappa shape index (κ3) is 5.32. The molecule has 2 heterocycles. The Kier molecular flexibility index (Phi) is 7.30. The zero-order valence-electron chi connectivity index (χ0n) is 16.7. The molecule has 0 spiro atoms. The highest BCUT2D eigenvalue weighted by atomic mass is 16.7. The van der Waals surface area contributed by atoms with Crippen molar-refractivity contribution in [3.63, 3.8) is 0 Å². The van der Waals surface area contributed by atoms with Crippen molar-refractivity contribution in [3.05, 3.63) is 47.2 Å². The van der Waals surface area contributed by atoms with Gasteiger partial charge in [0.2, 0.25) is 0 Å². The molecular formula is C22H33NO4. The fourth-order valence-electron chi connectivity index (χ4n) is 3.82. The summed E-state index contributed by atoms with van der Waals surface area (Å²) in [4.78, 5) is 0. The first kappa shape index (κ1) is 20.3. The van der Waals surface area contributed by atoms with E-state index in [1.807, 2.05) is 6.07 Å². The van der Waals surface area contributed by atoms with E-state index in [0.29, 0.717) is 6.61 Å². The largest absolute Gasteiger partial charge is 0.370 e. The molecular weight excluding hydrogens is 342 g/mol. The Morgan fingerprint density at radius 1 is 1.22 bits per heavy atom. The number of aliphatic hydroxyl groups is 1. The van der Waals surface area contributed by atoms with Crippen molar-refractivity contribution < 1.29 is 19.3 Å². The molecule has 150 valence electrons. The zero-order chi connectivity index (χ0) is 19.2. The Hall–Kier alpha value is -1.40. The van der Waals surface area contributed by atoms with E-state index in [1.54, 1.807) is 0 Å². The predicted molar refractivity (Wildman–Crippen MR) is 105 cm³/mol. The summed E-state index contributed by atoms with van der Waals surface area (Å²) in [5.41, 5.74) is 3.85. The van der Waals surface area contributed by atoms with Crippen LogP contribution in [0.1, 0.15) is 52.0 Å². The number of benzene rings is 1. The lowest BCUT2D eigenvalue weighted by Crippen LogP contribution is -2.42. The molecule has 1 aromatic carbocycles. The van der Waals surface area contributed by atoms with Gasteiger partial charge in [0.05, 0.1) is 6.10 Å². The van der Waals surface area contributed by atoms with Crippen LogP contribution in [0.3, 0.4) is 0 Å². The molecule has 2 unspecified atom stereocenters. The van der Waals surface area contributed by atoms with Crippen molar-refractivity contribution in [1.29, 1.82) is 0 Å². The van der Waals surface area contributed by atoms with E-state index in [9.17, 15) is 5.11 Å². The van der Waals surface area contributed by atoms with Crippen molar-refractivity contribution in [3.8, 4) is 0 Å². The van der Waals surface area contributed by atoms with Crippen LogP contribution in [0.2, 0.25) is 0 Å². The van der Waals surface area contributed by atoms with E-state index in [1.165, 1.54) is 16.8 Å². The average Bonchev–Trinajstić information content (AvgIpc) is 3.25. The number of aliphatic hydroxyl groups excluding tert-OH is 1. The van der Waals surface area contributed by atoms with Crippen LogP contribution in [0, 0.1) is 0 Å². The van der Waals surface area contributed by atoms with Gasteiger partial charge < -0.3 is 24.6 Å². The normalized spacial score (nSPS) is 30.5. The zero-order valence-corrected chi connectivity index (χ0v) is 16.7. The van der Waals surface area contributed by atoms with Gasteiger partial charge in [0, 0.05) is 12.3 Å². The Bertz CT molecular complexity index is 614. The van der Waals surface area contributed by atoms with Gasteiger partial charge in [0.1, 0.15) is 18.4 Å². The number of ether oxygens (including phenoxy) is 3. The Morgan fingerprint density at radius 2 is 2.00 bits per heavy atom. The lowest BCUT2D eigenvalue weighted by atomic mass is 10.1. The number of nitrogens with one attached hydrogen (secondary N) is 1. The minimum Gasteiger partial charge on any atom is -0.370 e. The molecule has 1 aromatic rings. The predicted octanol–water partition coefficient (Wildman–Crippen LogP) is 3.52. The molecule has 5 heteroatoms. The third-order valence-corrected chi connectivity index (χ3v) is 5.37. The Labute approximate surface area is 162 Å². The maximum atomic E-state index is 10.3. The summed E-state index contributed by atoms with van der Waals surface area (Å²) in [6.45, 7) is 6.85. The quantitative estimate of drug-likeness (QED) is 0.681. The molecule has 0 amide bonds. The number of hydrogen-bond donors (Lipinski definition) is 2. The molecule has 27 heavy (non-hydrogen) atoms. The van der Waals surface area contributed by atoms with Crippen LogP contribution in [0.15, 0.2) is 41.6 Å². The average molecular weight is 376 g/mol. The summed E-state index contributed by atoms with van der Waals surface area (Å²) in [6.07, 6.45) is 2.78. The number of allylic oxidation sites excluding steroid dienone is 2. The second kappa shape index (κ2) is 9.69.